The van der Waals surface area contributed by atoms with E-state index in [0.717, 1.165) is 41.8 Å². The van der Waals surface area contributed by atoms with Gasteiger partial charge in [0.1, 0.15) is 5.75 Å². The number of piperidine rings is 1. The molecule has 0 saturated carbocycles. The summed E-state index contributed by atoms with van der Waals surface area (Å²) in [5.74, 6) is 2.06. The Morgan fingerprint density at radius 3 is 2.53 bits per heavy atom. The summed E-state index contributed by atoms with van der Waals surface area (Å²) in [4.78, 5) is 31.0. The number of benzene rings is 1. The lowest BCUT2D eigenvalue weighted by atomic mass is 9.93. The molecular formula is C24H29N5O3. The molecule has 168 valence electrons. The van der Waals surface area contributed by atoms with Crippen LogP contribution in [0.3, 0.4) is 0 Å². The molecule has 1 aliphatic rings. The Labute approximate surface area is 188 Å². The highest BCUT2D eigenvalue weighted by Gasteiger charge is 2.34. The molecule has 1 unspecified atom stereocenters. The van der Waals surface area contributed by atoms with Crippen molar-refractivity contribution in [2.24, 2.45) is 0 Å². The minimum absolute atomic E-state index is 0.140. The molecule has 1 saturated heterocycles. The van der Waals surface area contributed by atoms with Gasteiger partial charge in [-0.2, -0.15) is 0 Å². The highest BCUT2D eigenvalue weighted by molar-refractivity contribution is 5.93. The van der Waals surface area contributed by atoms with E-state index in [4.69, 9.17) is 14.1 Å². The zero-order valence-electron chi connectivity index (χ0n) is 19.3. The third-order valence-electron chi connectivity index (χ3n) is 5.78. The normalized spacial score (nSPS) is 16.2. The van der Waals surface area contributed by atoms with Gasteiger partial charge in [-0.25, -0.2) is 15.0 Å². The van der Waals surface area contributed by atoms with Crippen LogP contribution in [0.5, 0.6) is 5.75 Å². The molecule has 1 aromatic carbocycles. The van der Waals surface area contributed by atoms with E-state index in [-0.39, 0.29) is 11.9 Å². The average Bonchev–Trinajstić information content (AvgIpc) is 3.16. The number of amides is 1. The number of ether oxygens (including phenoxy) is 1. The maximum Gasteiger partial charge on any atom is 0.292 e. The predicted octanol–water partition coefficient (Wildman–Crippen LogP) is 4.19. The van der Waals surface area contributed by atoms with Gasteiger partial charge >= 0.3 is 0 Å². The van der Waals surface area contributed by atoms with Gasteiger partial charge in [0, 0.05) is 39.3 Å². The van der Waals surface area contributed by atoms with Crippen molar-refractivity contribution in [2.45, 2.75) is 39.2 Å². The van der Waals surface area contributed by atoms with Crippen molar-refractivity contribution in [3.8, 4) is 16.9 Å². The molecule has 1 fully saturated rings. The fourth-order valence-electron chi connectivity index (χ4n) is 4.17. The monoisotopic (exact) mass is 435 g/mol. The van der Waals surface area contributed by atoms with Crippen molar-refractivity contribution >= 4 is 11.9 Å². The van der Waals surface area contributed by atoms with Crippen molar-refractivity contribution in [2.75, 3.05) is 32.6 Å². The summed E-state index contributed by atoms with van der Waals surface area (Å²) >= 11 is 0. The molecule has 4 rings (SSSR count). The van der Waals surface area contributed by atoms with E-state index in [2.05, 4.69) is 9.97 Å². The summed E-state index contributed by atoms with van der Waals surface area (Å²) in [6.45, 7) is 4.21. The molecule has 2 aromatic heterocycles. The van der Waals surface area contributed by atoms with Crippen molar-refractivity contribution in [3.63, 3.8) is 0 Å². The summed E-state index contributed by atoms with van der Waals surface area (Å²) in [6, 6.07) is 7.65. The summed E-state index contributed by atoms with van der Waals surface area (Å²) < 4.78 is 11.0. The molecule has 3 heterocycles. The number of carbonyl (C=O) groups is 1. The Bertz CT molecular complexity index is 1110. The molecule has 32 heavy (non-hydrogen) atoms. The van der Waals surface area contributed by atoms with Crippen LogP contribution in [0.1, 0.15) is 53.1 Å². The first-order valence-electron chi connectivity index (χ1n) is 10.8. The SMILES string of the molecule is COc1ccc(-c2cnc(N(C)C)nc2C2CCCCN2C(=O)c2oc(C)nc2C)cc1. The van der Waals surface area contributed by atoms with Gasteiger partial charge < -0.3 is 19.0 Å². The van der Waals surface area contributed by atoms with Gasteiger partial charge in [0.05, 0.1) is 24.5 Å². The van der Waals surface area contributed by atoms with Gasteiger partial charge in [-0.15, -0.1) is 0 Å². The minimum atomic E-state index is -0.181. The zero-order valence-corrected chi connectivity index (χ0v) is 19.3. The highest BCUT2D eigenvalue weighted by atomic mass is 16.5. The number of hydrogen-bond donors (Lipinski definition) is 0. The minimum Gasteiger partial charge on any atom is -0.497 e. The molecular weight excluding hydrogens is 406 g/mol. The average molecular weight is 436 g/mol. The van der Waals surface area contributed by atoms with E-state index in [9.17, 15) is 4.79 Å². The molecule has 3 aromatic rings. The Kier molecular flexibility index (Phi) is 6.12. The smallest absolute Gasteiger partial charge is 0.292 e. The topological polar surface area (TPSA) is 84.6 Å². The number of likely N-dealkylation sites (tertiary alicyclic amines) is 1. The summed E-state index contributed by atoms with van der Waals surface area (Å²) in [5.41, 5.74) is 3.35. The number of anilines is 1. The second kappa shape index (κ2) is 8.98. The molecule has 8 nitrogen and oxygen atoms in total. The summed E-state index contributed by atoms with van der Waals surface area (Å²) in [5, 5.41) is 0. The molecule has 0 N–H and O–H groups in total. The fourth-order valence-corrected chi connectivity index (χ4v) is 4.17. The van der Waals surface area contributed by atoms with Crippen LogP contribution in [0.25, 0.3) is 11.1 Å². The van der Waals surface area contributed by atoms with Crippen molar-refractivity contribution in [1.29, 1.82) is 0 Å². The number of carbonyl (C=O) groups excluding carboxylic acids is 1. The molecule has 0 aliphatic carbocycles. The number of methoxy groups -OCH3 is 1. The first-order chi connectivity index (χ1) is 15.4. The lowest BCUT2D eigenvalue weighted by Crippen LogP contribution is -2.39. The van der Waals surface area contributed by atoms with Crippen LogP contribution >= 0.6 is 0 Å². The third kappa shape index (κ3) is 4.17. The van der Waals surface area contributed by atoms with E-state index in [1.54, 1.807) is 21.0 Å². The zero-order chi connectivity index (χ0) is 22.8. The lowest BCUT2D eigenvalue weighted by molar-refractivity contribution is 0.0572. The molecule has 1 amide bonds. The first kappa shape index (κ1) is 21.8. The number of oxazole rings is 1. The second-order valence-corrected chi connectivity index (χ2v) is 8.25. The second-order valence-electron chi connectivity index (χ2n) is 8.25. The van der Waals surface area contributed by atoms with E-state index in [1.165, 1.54) is 0 Å². The van der Waals surface area contributed by atoms with Crippen LogP contribution in [0.2, 0.25) is 0 Å². The Hall–Kier alpha value is -3.42. The Balaban J connectivity index is 1.80. The van der Waals surface area contributed by atoms with Crippen LogP contribution in [0.4, 0.5) is 5.95 Å². The Morgan fingerprint density at radius 2 is 1.91 bits per heavy atom. The van der Waals surface area contributed by atoms with Gasteiger partial charge in [-0.05, 0) is 43.9 Å². The van der Waals surface area contributed by atoms with Crippen LogP contribution in [-0.2, 0) is 0 Å². The van der Waals surface area contributed by atoms with Gasteiger partial charge in [-0.3, -0.25) is 4.79 Å². The highest BCUT2D eigenvalue weighted by Crippen LogP contribution is 2.37. The van der Waals surface area contributed by atoms with Crippen LogP contribution in [-0.4, -0.2) is 53.5 Å². The van der Waals surface area contributed by atoms with Crippen molar-refractivity contribution in [3.05, 3.63) is 53.5 Å². The number of aromatic nitrogens is 3. The number of aryl methyl sites for hydroxylation is 2. The van der Waals surface area contributed by atoms with Crippen LogP contribution in [0, 0.1) is 13.8 Å². The number of hydrogen-bond acceptors (Lipinski definition) is 7. The maximum atomic E-state index is 13.5. The van der Waals surface area contributed by atoms with Crippen molar-refractivity contribution < 1.29 is 13.9 Å². The van der Waals surface area contributed by atoms with E-state index in [1.807, 2.05) is 54.4 Å². The van der Waals surface area contributed by atoms with Gasteiger partial charge in [0.2, 0.25) is 11.7 Å². The fraction of sp³-hybridized carbons (Fsp3) is 0.417. The van der Waals surface area contributed by atoms with E-state index < -0.39 is 0 Å². The van der Waals surface area contributed by atoms with Gasteiger partial charge in [0.25, 0.3) is 5.91 Å². The van der Waals surface area contributed by atoms with E-state index >= 15 is 0 Å². The van der Waals surface area contributed by atoms with Gasteiger partial charge in [-0.1, -0.05) is 12.1 Å². The Morgan fingerprint density at radius 1 is 1.16 bits per heavy atom. The molecule has 1 atom stereocenters. The standard InChI is InChI=1S/C24H29N5O3/c1-15-22(32-16(2)26-15)23(30)29-13-7-6-8-20(29)21-19(14-25-24(27-21)28(3)4)17-9-11-18(31-5)12-10-17/h9-12,14,20H,6-8,13H2,1-5H3. The maximum absolute atomic E-state index is 13.5. The third-order valence-corrected chi connectivity index (χ3v) is 5.78. The van der Waals surface area contributed by atoms with E-state index in [0.29, 0.717) is 29.8 Å². The van der Waals surface area contributed by atoms with Gasteiger partial charge in [0.15, 0.2) is 5.89 Å². The quantitative estimate of drug-likeness (QED) is 0.594. The first-order valence-corrected chi connectivity index (χ1v) is 10.8. The predicted molar refractivity (Wildman–Crippen MR) is 122 cm³/mol. The largest absolute Gasteiger partial charge is 0.497 e. The summed E-state index contributed by atoms with van der Waals surface area (Å²) in [7, 11) is 5.47. The van der Waals surface area contributed by atoms with Crippen molar-refractivity contribution in [1.82, 2.24) is 19.9 Å². The summed E-state index contributed by atoms with van der Waals surface area (Å²) in [6.07, 6.45) is 4.63. The van der Waals surface area contributed by atoms with Crippen LogP contribution in [0.15, 0.2) is 34.9 Å². The molecule has 8 heteroatoms. The van der Waals surface area contributed by atoms with Crippen LogP contribution < -0.4 is 9.64 Å². The number of nitrogens with zero attached hydrogens (tertiary/aromatic N) is 5. The number of rotatable bonds is 5. The molecule has 0 bridgehead atoms. The molecule has 0 radical (unpaired) electrons. The lowest BCUT2D eigenvalue weighted by Gasteiger charge is -2.36. The molecule has 0 spiro atoms. The molecule has 1 aliphatic heterocycles.